The zero-order chi connectivity index (χ0) is 12.1. The molecule has 7 heteroatoms. The highest BCUT2D eigenvalue weighted by atomic mass is 32.2. The summed E-state index contributed by atoms with van der Waals surface area (Å²) in [5, 5.41) is 12.5. The first-order valence-electron chi connectivity index (χ1n) is 5.78. The van der Waals surface area contributed by atoms with E-state index >= 15 is 0 Å². The van der Waals surface area contributed by atoms with E-state index in [2.05, 4.69) is 15.5 Å². The summed E-state index contributed by atoms with van der Waals surface area (Å²) < 4.78 is 12.0. The summed E-state index contributed by atoms with van der Waals surface area (Å²) in [5.41, 5.74) is 0. The van der Waals surface area contributed by atoms with Gasteiger partial charge in [-0.3, -0.25) is 0 Å². The Morgan fingerprint density at radius 1 is 1.41 bits per heavy atom. The Balaban J connectivity index is 1.86. The molecule has 1 aromatic heterocycles. The van der Waals surface area contributed by atoms with Crippen LogP contribution in [-0.2, 0) is 16.0 Å². The zero-order valence-electron chi connectivity index (χ0n) is 10.2. The zero-order valence-corrected chi connectivity index (χ0v) is 11.0. The van der Waals surface area contributed by atoms with Gasteiger partial charge in [-0.25, -0.2) is 4.68 Å². The molecule has 0 aliphatic heterocycles. The van der Waals surface area contributed by atoms with E-state index in [1.165, 1.54) is 19.3 Å². The van der Waals surface area contributed by atoms with Crippen molar-refractivity contribution < 1.29 is 9.47 Å². The van der Waals surface area contributed by atoms with E-state index in [0.29, 0.717) is 6.54 Å². The second-order valence-corrected chi connectivity index (χ2v) is 5.14. The Kier molecular flexibility index (Phi) is 4.75. The van der Waals surface area contributed by atoms with Gasteiger partial charge in [0.25, 0.3) is 0 Å². The van der Waals surface area contributed by atoms with Gasteiger partial charge in [-0.2, -0.15) is 0 Å². The molecule has 0 bridgehead atoms. The van der Waals surface area contributed by atoms with Gasteiger partial charge in [-0.05, 0) is 29.2 Å². The van der Waals surface area contributed by atoms with Crippen LogP contribution in [0, 0.1) is 5.92 Å². The fraction of sp³-hybridized carbons (Fsp3) is 0.900. The van der Waals surface area contributed by atoms with Crippen LogP contribution in [0.15, 0.2) is 5.16 Å². The molecule has 1 heterocycles. The van der Waals surface area contributed by atoms with Gasteiger partial charge in [0, 0.05) is 20.0 Å². The number of rotatable bonds is 7. The molecule has 0 saturated heterocycles. The quantitative estimate of drug-likeness (QED) is 0.540. The predicted molar refractivity (Wildman–Crippen MR) is 63.7 cm³/mol. The van der Waals surface area contributed by atoms with E-state index in [1.54, 1.807) is 30.7 Å². The largest absolute Gasteiger partial charge is 0.354 e. The first-order valence-corrected chi connectivity index (χ1v) is 6.76. The lowest BCUT2D eigenvalue weighted by atomic mass is 9.87. The molecule has 17 heavy (non-hydrogen) atoms. The molecule has 0 radical (unpaired) electrons. The van der Waals surface area contributed by atoms with E-state index in [9.17, 15) is 0 Å². The van der Waals surface area contributed by atoms with Gasteiger partial charge in [0.2, 0.25) is 5.16 Å². The topological polar surface area (TPSA) is 62.1 Å². The second-order valence-electron chi connectivity index (χ2n) is 4.15. The Labute approximate surface area is 105 Å². The van der Waals surface area contributed by atoms with Gasteiger partial charge in [-0.1, -0.05) is 18.2 Å². The lowest BCUT2D eigenvalue weighted by Gasteiger charge is -2.24. The first kappa shape index (κ1) is 12.8. The number of nitrogens with zero attached hydrogens (tertiary/aromatic N) is 4. The average molecular weight is 258 g/mol. The van der Waals surface area contributed by atoms with E-state index in [0.717, 1.165) is 16.8 Å². The smallest absolute Gasteiger partial charge is 0.209 e. The van der Waals surface area contributed by atoms with Crippen LogP contribution in [0.3, 0.4) is 0 Å². The molecule has 1 saturated carbocycles. The molecule has 2 rings (SSSR count). The number of methoxy groups -OCH3 is 2. The standard InChI is InChI=1S/C10H18N4O2S/c1-15-9(16-2)6-14-10(11-12-13-14)17-7-8-4-3-5-8/h8-9H,3-7H2,1-2H3. The molecule has 1 fully saturated rings. The van der Waals surface area contributed by atoms with Crippen molar-refractivity contribution in [2.24, 2.45) is 5.92 Å². The normalized spacial score (nSPS) is 16.4. The Hall–Kier alpha value is -0.660. The average Bonchev–Trinajstić information content (AvgIpc) is 2.71. The van der Waals surface area contributed by atoms with Gasteiger partial charge in [0.1, 0.15) is 0 Å². The summed E-state index contributed by atoms with van der Waals surface area (Å²) in [4.78, 5) is 0. The third kappa shape index (κ3) is 3.40. The van der Waals surface area contributed by atoms with Gasteiger partial charge in [-0.15, -0.1) is 5.10 Å². The number of hydrogen-bond acceptors (Lipinski definition) is 6. The van der Waals surface area contributed by atoms with E-state index in [1.807, 2.05) is 0 Å². The van der Waals surface area contributed by atoms with Crippen molar-refractivity contribution in [1.82, 2.24) is 20.2 Å². The van der Waals surface area contributed by atoms with E-state index in [-0.39, 0.29) is 6.29 Å². The summed E-state index contributed by atoms with van der Waals surface area (Å²) in [6.45, 7) is 0.521. The highest BCUT2D eigenvalue weighted by Gasteiger charge is 2.19. The lowest BCUT2D eigenvalue weighted by molar-refractivity contribution is -0.113. The van der Waals surface area contributed by atoms with E-state index < -0.39 is 0 Å². The summed E-state index contributed by atoms with van der Waals surface area (Å²) in [5.74, 6) is 1.94. The van der Waals surface area contributed by atoms with Gasteiger partial charge in [0.15, 0.2) is 6.29 Å². The maximum atomic E-state index is 5.14. The van der Waals surface area contributed by atoms with Crippen molar-refractivity contribution in [2.75, 3.05) is 20.0 Å². The summed E-state index contributed by atoms with van der Waals surface area (Å²) in [6, 6.07) is 0. The molecule has 0 unspecified atom stereocenters. The molecule has 1 aromatic rings. The predicted octanol–water partition coefficient (Wildman–Crippen LogP) is 1.18. The second kappa shape index (κ2) is 6.32. The molecule has 1 aliphatic carbocycles. The van der Waals surface area contributed by atoms with Gasteiger partial charge in [0.05, 0.1) is 6.54 Å². The molecule has 6 nitrogen and oxygen atoms in total. The minimum Gasteiger partial charge on any atom is -0.354 e. The number of hydrogen-bond donors (Lipinski definition) is 0. The molecule has 0 N–H and O–H groups in total. The van der Waals surface area contributed by atoms with Crippen LogP contribution in [-0.4, -0.2) is 46.5 Å². The van der Waals surface area contributed by atoms with Crippen molar-refractivity contribution in [3.63, 3.8) is 0 Å². The Morgan fingerprint density at radius 3 is 2.76 bits per heavy atom. The fourth-order valence-electron chi connectivity index (χ4n) is 1.65. The monoisotopic (exact) mass is 258 g/mol. The minimum atomic E-state index is -0.304. The molecule has 0 amide bonds. The third-order valence-corrected chi connectivity index (χ3v) is 4.21. The number of aromatic nitrogens is 4. The summed E-state index contributed by atoms with van der Waals surface area (Å²) in [6.07, 6.45) is 3.74. The number of ether oxygens (including phenoxy) is 2. The van der Waals surface area contributed by atoms with Crippen LogP contribution in [0.25, 0.3) is 0 Å². The Morgan fingerprint density at radius 2 is 2.18 bits per heavy atom. The molecule has 0 atom stereocenters. The molecular weight excluding hydrogens is 240 g/mol. The van der Waals surface area contributed by atoms with Crippen molar-refractivity contribution >= 4 is 11.8 Å². The van der Waals surface area contributed by atoms with Crippen LogP contribution in [0.1, 0.15) is 19.3 Å². The van der Waals surface area contributed by atoms with Crippen molar-refractivity contribution in [3.05, 3.63) is 0 Å². The number of thioether (sulfide) groups is 1. The molecule has 1 aliphatic rings. The minimum absolute atomic E-state index is 0.304. The highest BCUT2D eigenvalue weighted by molar-refractivity contribution is 7.99. The van der Waals surface area contributed by atoms with Crippen molar-refractivity contribution in [2.45, 2.75) is 37.3 Å². The van der Waals surface area contributed by atoms with Gasteiger partial charge >= 0.3 is 0 Å². The fourth-order valence-corrected chi connectivity index (χ4v) is 2.73. The molecule has 0 aromatic carbocycles. The molecule has 0 spiro atoms. The van der Waals surface area contributed by atoms with Crippen LogP contribution in [0.4, 0.5) is 0 Å². The highest BCUT2D eigenvalue weighted by Crippen LogP contribution is 2.31. The Bertz CT molecular complexity index is 339. The SMILES string of the molecule is COC(Cn1nnnc1SCC1CCC1)OC. The van der Waals surface area contributed by atoms with E-state index in [4.69, 9.17) is 9.47 Å². The van der Waals surface area contributed by atoms with Crippen LogP contribution < -0.4 is 0 Å². The van der Waals surface area contributed by atoms with Gasteiger partial charge < -0.3 is 9.47 Å². The van der Waals surface area contributed by atoms with Crippen molar-refractivity contribution in [1.29, 1.82) is 0 Å². The summed E-state index contributed by atoms with van der Waals surface area (Å²) in [7, 11) is 3.22. The van der Waals surface area contributed by atoms with Crippen LogP contribution >= 0.6 is 11.8 Å². The van der Waals surface area contributed by atoms with Crippen LogP contribution in [0.5, 0.6) is 0 Å². The third-order valence-electron chi connectivity index (χ3n) is 3.02. The van der Waals surface area contributed by atoms with Crippen molar-refractivity contribution in [3.8, 4) is 0 Å². The van der Waals surface area contributed by atoms with Crippen LogP contribution in [0.2, 0.25) is 0 Å². The molecule has 96 valence electrons. The molecular formula is C10H18N4O2S. The maximum Gasteiger partial charge on any atom is 0.209 e. The number of tetrazole rings is 1. The lowest BCUT2D eigenvalue weighted by Crippen LogP contribution is -2.22. The summed E-state index contributed by atoms with van der Waals surface area (Å²) >= 11 is 1.72. The first-order chi connectivity index (χ1) is 8.33. The maximum absolute atomic E-state index is 5.14.